The highest BCUT2D eigenvalue weighted by Gasteiger charge is 2.07. The molecule has 0 amide bonds. The molecular formula is C36H36F2O4. The topological polar surface area (TPSA) is 58.9 Å². The fourth-order valence-corrected chi connectivity index (χ4v) is 4.01. The summed E-state index contributed by atoms with van der Waals surface area (Å²) < 4.78 is 38.3. The van der Waals surface area contributed by atoms with Gasteiger partial charge in [-0.1, -0.05) is 78.7 Å². The van der Waals surface area contributed by atoms with E-state index in [1.807, 2.05) is 66.7 Å². The van der Waals surface area contributed by atoms with Gasteiger partial charge in [0.1, 0.15) is 43.0 Å². The first-order chi connectivity index (χ1) is 20.6. The van der Waals surface area contributed by atoms with Crippen LogP contribution in [0.25, 0.3) is 0 Å². The minimum Gasteiger partial charge on any atom is -0.489 e. The second-order valence-corrected chi connectivity index (χ2v) is 9.26. The van der Waals surface area contributed by atoms with Crippen molar-refractivity contribution in [3.63, 3.8) is 0 Å². The van der Waals surface area contributed by atoms with Crippen LogP contribution in [0.5, 0.6) is 11.5 Å². The number of benzene rings is 4. The molecule has 0 saturated carbocycles. The first-order valence-electron chi connectivity index (χ1n) is 13.8. The summed E-state index contributed by atoms with van der Waals surface area (Å²) in [6.45, 7) is 0.786. The van der Waals surface area contributed by atoms with Crippen molar-refractivity contribution in [2.24, 2.45) is 0 Å². The van der Waals surface area contributed by atoms with Gasteiger partial charge in [0.2, 0.25) is 0 Å². The molecule has 0 unspecified atom stereocenters. The molecule has 0 saturated heterocycles. The highest BCUT2D eigenvalue weighted by Crippen LogP contribution is 2.23. The zero-order valence-electron chi connectivity index (χ0n) is 23.5. The van der Waals surface area contributed by atoms with Crippen LogP contribution in [0.1, 0.15) is 35.1 Å². The van der Waals surface area contributed by atoms with E-state index < -0.39 is 0 Å². The lowest BCUT2D eigenvalue weighted by Crippen LogP contribution is -1.99. The quantitative estimate of drug-likeness (QED) is 0.140. The van der Waals surface area contributed by atoms with E-state index in [1.54, 1.807) is 18.2 Å². The lowest BCUT2D eigenvalue weighted by molar-refractivity contribution is 0.302. The van der Waals surface area contributed by atoms with Gasteiger partial charge in [-0.15, -0.1) is 5.92 Å². The molecule has 0 radical (unpaired) electrons. The van der Waals surface area contributed by atoms with E-state index in [4.69, 9.17) is 19.7 Å². The Morgan fingerprint density at radius 1 is 0.619 bits per heavy atom. The van der Waals surface area contributed by atoms with E-state index in [0.717, 1.165) is 28.7 Å². The summed E-state index contributed by atoms with van der Waals surface area (Å²) in [7, 11) is 0. The predicted octanol–water partition coefficient (Wildman–Crippen LogP) is 7.22. The van der Waals surface area contributed by atoms with Crippen LogP contribution in [-0.2, 0) is 26.1 Å². The number of halogens is 2. The summed E-state index contributed by atoms with van der Waals surface area (Å²) in [5, 5.41) is 17.3. The second kappa shape index (κ2) is 18.8. The zero-order chi connectivity index (χ0) is 29.8. The molecule has 6 heteroatoms. The number of hydrogen-bond acceptors (Lipinski definition) is 4. The van der Waals surface area contributed by atoms with Crippen molar-refractivity contribution in [3.05, 3.63) is 143 Å². The van der Waals surface area contributed by atoms with Crippen LogP contribution in [0.4, 0.5) is 8.78 Å². The largest absolute Gasteiger partial charge is 0.489 e. The number of hydrogen-bond donors (Lipinski definition) is 2. The number of aliphatic hydroxyl groups is 2. The molecule has 0 atom stereocenters. The number of allylic oxidation sites excluding steroid dienone is 1. The van der Waals surface area contributed by atoms with Crippen molar-refractivity contribution < 1.29 is 28.5 Å². The number of aryl methyl sites for hydroxylation is 2. The lowest BCUT2D eigenvalue weighted by atomic mass is 10.1. The van der Waals surface area contributed by atoms with Gasteiger partial charge >= 0.3 is 0 Å². The molecule has 4 rings (SSSR count). The first kappa shape index (κ1) is 32.1. The molecule has 4 aromatic rings. The molecule has 218 valence electrons. The van der Waals surface area contributed by atoms with Crippen LogP contribution in [0, 0.1) is 23.5 Å². The summed E-state index contributed by atoms with van der Waals surface area (Å²) in [5.41, 5.74) is 3.77. The highest BCUT2D eigenvalue weighted by molar-refractivity contribution is 5.36. The van der Waals surface area contributed by atoms with Gasteiger partial charge in [-0.2, -0.15) is 0 Å². The van der Waals surface area contributed by atoms with Crippen LogP contribution in [0.15, 0.2) is 109 Å². The molecule has 0 spiro atoms. The van der Waals surface area contributed by atoms with Gasteiger partial charge < -0.3 is 19.7 Å². The molecule has 0 heterocycles. The lowest BCUT2D eigenvalue weighted by Gasteiger charge is -2.11. The number of rotatable bonds is 12. The van der Waals surface area contributed by atoms with E-state index in [0.29, 0.717) is 44.0 Å². The minimum absolute atomic E-state index is 0.0283. The maximum atomic E-state index is 13.4. The fraction of sp³-hybridized carbons (Fsp3) is 0.222. The third-order valence-electron chi connectivity index (χ3n) is 6.10. The molecule has 0 aliphatic rings. The average molecular weight is 571 g/mol. The van der Waals surface area contributed by atoms with Gasteiger partial charge in [-0.25, -0.2) is 8.78 Å². The Labute approximate surface area is 246 Å². The number of aliphatic hydroxyl groups excluding tert-OH is 2. The van der Waals surface area contributed by atoms with Crippen LogP contribution in [0.3, 0.4) is 0 Å². The van der Waals surface area contributed by atoms with Gasteiger partial charge in [0.25, 0.3) is 0 Å². The van der Waals surface area contributed by atoms with Crippen molar-refractivity contribution in [1.29, 1.82) is 0 Å². The molecule has 0 aliphatic heterocycles. The van der Waals surface area contributed by atoms with E-state index in [1.165, 1.54) is 24.3 Å². The minimum atomic E-state index is -0.285. The van der Waals surface area contributed by atoms with E-state index in [9.17, 15) is 8.78 Å². The van der Waals surface area contributed by atoms with E-state index in [2.05, 4.69) is 11.8 Å². The molecule has 0 bridgehead atoms. The Hall–Kier alpha value is -4.44. The fourth-order valence-electron chi connectivity index (χ4n) is 4.01. The van der Waals surface area contributed by atoms with Crippen molar-refractivity contribution in [1.82, 2.24) is 0 Å². The van der Waals surface area contributed by atoms with Crippen molar-refractivity contribution in [2.45, 2.75) is 38.9 Å². The molecule has 0 fully saturated rings. The molecule has 2 N–H and O–H groups in total. The van der Waals surface area contributed by atoms with Crippen molar-refractivity contribution in [2.75, 3.05) is 13.2 Å². The third-order valence-corrected chi connectivity index (χ3v) is 6.10. The molecule has 4 nitrogen and oxygen atoms in total. The molecule has 42 heavy (non-hydrogen) atoms. The Balaban J connectivity index is 0.000000230. The summed E-state index contributed by atoms with van der Waals surface area (Å²) in [6.07, 6.45) is 6.14. The Kier molecular flexibility index (Phi) is 14.4. The van der Waals surface area contributed by atoms with Crippen LogP contribution >= 0.6 is 0 Å². The summed E-state index contributed by atoms with van der Waals surface area (Å²) in [5.74, 6) is 6.24. The third kappa shape index (κ3) is 12.0. The monoisotopic (exact) mass is 570 g/mol. The smallest absolute Gasteiger partial charge is 0.123 e. The first-order valence-corrected chi connectivity index (χ1v) is 13.8. The Bertz CT molecular complexity index is 1430. The van der Waals surface area contributed by atoms with Crippen LogP contribution in [0.2, 0.25) is 0 Å². The molecule has 0 aliphatic carbocycles. The van der Waals surface area contributed by atoms with Gasteiger partial charge in [-0.05, 0) is 77.9 Å². The van der Waals surface area contributed by atoms with Crippen LogP contribution < -0.4 is 9.47 Å². The Morgan fingerprint density at radius 3 is 1.64 bits per heavy atom. The average Bonchev–Trinajstić information content (AvgIpc) is 3.02. The van der Waals surface area contributed by atoms with Gasteiger partial charge in [0.05, 0.1) is 6.61 Å². The molecule has 4 aromatic carbocycles. The maximum Gasteiger partial charge on any atom is 0.123 e. The summed E-state index contributed by atoms with van der Waals surface area (Å²) >= 11 is 0. The number of ether oxygens (including phenoxy) is 2. The Morgan fingerprint density at radius 2 is 1.14 bits per heavy atom. The summed E-state index contributed by atoms with van der Waals surface area (Å²) in [6, 6.07) is 28.8. The van der Waals surface area contributed by atoms with Crippen molar-refractivity contribution >= 4 is 0 Å². The van der Waals surface area contributed by atoms with Gasteiger partial charge in [-0.3, -0.25) is 0 Å². The van der Waals surface area contributed by atoms with Crippen LogP contribution in [-0.4, -0.2) is 23.4 Å². The highest BCUT2D eigenvalue weighted by atomic mass is 19.1. The van der Waals surface area contributed by atoms with E-state index >= 15 is 0 Å². The normalized spacial score (nSPS) is 10.4. The standard InChI is InChI=1S/C18H19FO2.C18H17FO2/c2*19-17-10-11-18(16(13-17)9-5-2-6-12-20)21-14-15-7-3-1-4-8-15/h1-4,6-8,10-11,13,20H,5,9,12,14H2;1,3-4,7-8,10-11,13,20H,5,9,12,14H2/b6-2+;. The SMILES string of the molecule is OC/C=C/CCc1cc(F)ccc1OCc1ccccc1.OCC#CCCc1cc(F)ccc1OCc1ccccc1. The van der Waals surface area contributed by atoms with Crippen molar-refractivity contribution in [3.8, 4) is 23.3 Å². The molecular weight excluding hydrogens is 534 g/mol. The maximum absolute atomic E-state index is 13.4. The molecule has 0 aromatic heterocycles. The van der Waals surface area contributed by atoms with Gasteiger partial charge in [0, 0.05) is 6.42 Å². The van der Waals surface area contributed by atoms with E-state index in [-0.39, 0.29) is 24.8 Å². The second-order valence-electron chi connectivity index (χ2n) is 9.26. The zero-order valence-corrected chi connectivity index (χ0v) is 23.5. The van der Waals surface area contributed by atoms with Gasteiger partial charge in [0.15, 0.2) is 0 Å². The summed E-state index contributed by atoms with van der Waals surface area (Å²) in [4.78, 5) is 0. The predicted molar refractivity (Wildman–Crippen MR) is 162 cm³/mol.